The highest BCUT2D eigenvalue weighted by Gasteiger charge is 2.54. The zero-order chi connectivity index (χ0) is 25.1. The summed E-state index contributed by atoms with van der Waals surface area (Å²) < 4.78 is 17.0. The Balaban J connectivity index is 1.55. The average Bonchev–Trinajstić information content (AvgIpc) is 2.85. The zero-order valence-corrected chi connectivity index (χ0v) is 22.9. The predicted octanol–water partition coefficient (Wildman–Crippen LogP) is 7.93. The Morgan fingerprint density at radius 2 is 1.00 bits per heavy atom. The van der Waals surface area contributed by atoms with E-state index in [9.17, 15) is 9.59 Å². The molecule has 3 rings (SSSR count). The van der Waals surface area contributed by atoms with Gasteiger partial charge in [0.1, 0.15) is 0 Å². The van der Waals surface area contributed by atoms with Gasteiger partial charge in [-0.3, -0.25) is 9.59 Å². The number of esters is 2. The van der Waals surface area contributed by atoms with Gasteiger partial charge in [0.25, 0.3) is 0 Å². The molecule has 4 atom stereocenters. The maximum atomic E-state index is 12.8. The standard InChI is InChI=1S/C30H54O5/c1-3-5-7-9-11-13-15-17-19-21-33-29(31)26-23-25-24-27(35-25)28(26)30(32)34-22-20-18-16-14-12-10-8-6-4-2/h25-28H,3-24H2,1-2H3. The van der Waals surface area contributed by atoms with Crippen molar-refractivity contribution in [2.24, 2.45) is 11.8 Å². The molecule has 0 amide bonds. The van der Waals surface area contributed by atoms with Gasteiger partial charge in [-0.25, -0.2) is 0 Å². The van der Waals surface area contributed by atoms with E-state index in [-0.39, 0.29) is 24.1 Å². The molecule has 0 spiro atoms. The van der Waals surface area contributed by atoms with Crippen molar-refractivity contribution in [2.45, 2.75) is 154 Å². The monoisotopic (exact) mass is 494 g/mol. The molecule has 2 bridgehead atoms. The number of ether oxygens (including phenoxy) is 3. The zero-order valence-electron chi connectivity index (χ0n) is 22.9. The van der Waals surface area contributed by atoms with E-state index in [1.54, 1.807) is 0 Å². The molecule has 0 aromatic heterocycles. The number of hydrogen-bond acceptors (Lipinski definition) is 5. The molecule has 1 saturated carbocycles. The van der Waals surface area contributed by atoms with E-state index in [1.165, 1.54) is 89.9 Å². The Morgan fingerprint density at radius 3 is 1.46 bits per heavy atom. The SMILES string of the molecule is CCCCCCCCCCCOC(=O)C1CC2CC(O2)C1C(=O)OCCCCCCCCCCC. The summed E-state index contributed by atoms with van der Waals surface area (Å²) >= 11 is 0. The number of carbonyl (C=O) groups is 2. The fourth-order valence-corrected chi connectivity index (χ4v) is 5.50. The highest BCUT2D eigenvalue weighted by atomic mass is 16.6. The van der Waals surface area contributed by atoms with E-state index < -0.39 is 11.8 Å². The molecule has 0 aromatic rings. The average molecular weight is 495 g/mol. The first-order valence-corrected chi connectivity index (χ1v) is 15.2. The molecule has 5 nitrogen and oxygen atoms in total. The van der Waals surface area contributed by atoms with Crippen LogP contribution in [0.2, 0.25) is 0 Å². The number of hydrogen-bond donors (Lipinski definition) is 0. The minimum atomic E-state index is -0.491. The maximum absolute atomic E-state index is 12.8. The van der Waals surface area contributed by atoms with Gasteiger partial charge in [0.2, 0.25) is 0 Å². The second-order valence-electron chi connectivity index (χ2n) is 10.9. The van der Waals surface area contributed by atoms with Crippen LogP contribution >= 0.6 is 0 Å². The van der Waals surface area contributed by atoms with Crippen molar-refractivity contribution in [3.63, 3.8) is 0 Å². The van der Waals surface area contributed by atoms with Crippen molar-refractivity contribution in [2.75, 3.05) is 13.2 Å². The highest BCUT2D eigenvalue weighted by molar-refractivity contribution is 5.83. The first kappa shape index (κ1) is 30.1. The third kappa shape index (κ3) is 12.1. The summed E-state index contributed by atoms with van der Waals surface area (Å²) in [5, 5.41) is 0. The second-order valence-corrected chi connectivity index (χ2v) is 10.9. The fourth-order valence-electron chi connectivity index (χ4n) is 5.50. The fraction of sp³-hybridized carbons (Fsp3) is 0.933. The molecule has 35 heavy (non-hydrogen) atoms. The van der Waals surface area contributed by atoms with Gasteiger partial charge in [0.15, 0.2) is 0 Å². The van der Waals surface area contributed by atoms with Gasteiger partial charge in [0, 0.05) is 6.42 Å². The van der Waals surface area contributed by atoms with Crippen LogP contribution in [0.3, 0.4) is 0 Å². The molecular formula is C30H54O5. The van der Waals surface area contributed by atoms with Gasteiger partial charge in [0.05, 0.1) is 37.3 Å². The second kappa shape index (κ2) is 19.1. The summed E-state index contributed by atoms with van der Waals surface area (Å²) in [6, 6.07) is 0. The molecule has 4 unspecified atom stereocenters. The molecule has 0 aromatic carbocycles. The first-order valence-electron chi connectivity index (χ1n) is 15.2. The molecule has 204 valence electrons. The van der Waals surface area contributed by atoms with Crippen molar-refractivity contribution in [1.82, 2.24) is 0 Å². The minimum absolute atomic E-state index is 0.103. The lowest BCUT2D eigenvalue weighted by Gasteiger charge is -2.48. The van der Waals surface area contributed by atoms with Gasteiger partial charge in [-0.1, -0.05) is 117 Å². The molecule has 2 saturated heterocycles. The van der Waals surface area contributed by atoms with Gasteiger partial charge in [-0.2, -0.15) is 0 Å². The topological polar surface area (TPSA) is 61.8 Å². The van der Waals surface area contributed by atoms with Crippen molar-refractivity contribution >= 4 is 11.9 Å². The smallest absolute Gasteiger partial charge is 0.312 e. The molecule has 3 fully saturated rings. The third-order valence-electron chi connectivity index (χ3n) is 7.77. The Hall–Kier alpha value is -1.10. The molecule has 1 aliphatic carbocycles. The van der Waals surface area contributed by atoms with Gasteiger partial charge in [-0.15, -0.1) is 0 Å². The van der Waals surface area contributed by atoms with Crippen LogP contribution in [0, 0.1) is 11.8 Å². The first-order chi connectivity index (χ1) is 17.2. The lowest BCUT2D eigenvalue weighted by molar-refractivity contribution is -0.222. The number of rotatable bonds is 22. The van der Waals surface area contributed by atoms with Crippen LogP contribution < -0.4 is 0 Å². The highest BCUT2D eigenvalue weighted by Crippen LogP contribution is 2.43. The third-order valence-corrected chi connectivity index (χ3v) is 7.77. The van der Waals surface area contributed by atoms with Crippen molar-refractivity contribution in [3.8, 4) is 0 Å². The van der Waals surface area contributed by atoms with Crippen LogP contribution in [0.1, 0.15) is 142 Å². The lowest BCUT2D eigenvalue weighted by atomic mass is 9.72. The normalized spacial score (nSPS) is 23.0. The molecule has 5 heteroatoms. The maximum Gasteiger partial charge on any atom is 0.312 e. The van der Waals surface area contributed by atoms with Crippen LogP contribution in [-0.2, 0) is 23.8 Å². The summed E-state index contributed by atoms with van der Waals surface area (Å²) in [5.41, 5.74) is 0. The Bertz CT molecular complexity index is 557. The Morgan fingerprint density at radius 1 is 0.600 bits per heavy atom. The molecule has 0 N–H and O–H groups in total. The van der Waals surface area contributed by atoms with Crippen molar-refractivity contribution in [1.29, 1.82) is 0 Å². The van der Waals surface area contributed by atoms with E-state index in [2.05, 4.69) is 13.8 Å². The van der Waals surface area contributed by atoms with Gasteiger partial charge in [-0.05, 0) is 19.3 Å². The molecule has 3 aliphatic rings. The number of unbranched alkanes of at least 4 members (excludes halogenated alkanes) is 16. The van der Waals surface area contributed by atoms with Crippen LogP contribution in [0.4, 0.5) is 0 Å². The van der Waals surface area contributed by atoms with E-state index in [0.29, 0.717) is 19.6 Å². The van der Waals surface area contributed by atoms with E-state index in [4.69, 9.17) is 14.2 Å². The summed E-state index contributed by atoms with van der Waals surface area (Å²) in [4.78, 5) is 25.6. The summed E-state index contributed by atoms with van der Waals surface area (Å²) in [6.45, 7) is 5.39. The van der Waals surface area contributed by atoms with Crippen molar-refractivity contribution in [3.05, 3.63) is 0 Å². The Kier molecular flexibility index (Phi) is 16.4. The molecule has 2 aliphatic heterocycles. The van der Waals surface area contributed by atoms with Crippen LogP contribution in [0.15, 0.2) is 0 Å². The molecule has 2 heterocycles. The van der Waals surface area contributed by atoms with Gasteiger partial charge < -0.3 is 14.2 Å². The van der Waals surface area contributed by atoms with E-state index >= 15 is 0 Å². The molecular weight excluding hydrogens is 440 g/mol. The van der Waals surface area contributed by atoms with Crippen LogP contribution in [-0.4, -0.2) is 37.4 Å². The van der Waals surface area contributed by atoms with Gasteiger partial charge >= 0.3 is 11.9 Å². The van der Waals surface area contributed by atoms with E-state index in [0.717, 1.165) is 32.1 Å². The number of fused-ring (bicyclic) bond motifs is 2. The summed E-state index contributed by atoms with van der Waals surface area (Å²) in [6.07, 6.45) is 23.6. The largest absolute Gasteiger partial charge is 0.465 e. The lowest BCUT2D eigenvalue weighted by Crippen LogP contribution is -2.57. The molecule has 0 radical (unpaired) electrons. The summed E-state index contributed by atoms with van der Waals surface area (Å²) in [5.74, 6) is -1.39. The quantitative estimate of drug-likeness (QED) is 0.113. The van der Waals surface area contributed by atoms with E-state index in [1.807, 2.05) is 0 Å². The van der Waals surface area contributed by atoms with Crippen LogP contribution in [0.25, 0.3) is 0 Å². The van der Waals surface area contributed by atoms with Crippen LogP contribution in [0.5, 0.6) is 0 Å². The Labute approximate surface area is 215 Å². The van der Waals surface area contributed by atoms with Crippen molar-refractivity contribution < 1.29 is 23.8 Å². The minimum Gasteiger partial charge on any atom is -0.465 e. The summed E-state index contributed by atoms with van der Waals surface area (Å²) in [7, 11) is 0. The number of carbonyl (C=O) groups excluding carboxylic acids is 2. The predicted molar refractivity (Wildman–Crippen MR) is 141 cm³/mol.